The fourth-order valence-electron chi connectivity index (χ4n) is 1.45. The van der Waals surface area contributed by atoms with Crippen molar-refractivity contribution in [3.63, 3.8) is 0 Å². The number of benzene rings is 1. The summed E-state index contributed by atoms with van der Waals surface area (Å²) in [6, 6.07) is 2.06. The average molecular weight is 259 g/mol. The van der Waals surface area contributed by atoms with Gasteiger partial charge in [0, 0.05) is 24.6 Å². The molecule has 0 spiro atoms. The van der Waals surface area contributed by atoms with Crippen molar-refractivity contribution in [3.05, 3.63) is 29.3 Å². The predicted octanol–water partition coefficient (Wildman–Crippen LogP) is 1.93. The van der Waals surface area contributed by atoms with Gasteiger partial charge in [-0.05, 0) is 19.0 Å². The normalized spacial score (nSPS) is 10.4. The van der Waals surface area contributed by atoms with Crippen LogP contribution >= 0.6 is 0 Å². The van der Waals surface area contributed by atoms with Gasteiger partial charge in [0.25, 0.3) is 0 Å². The molecule has 0 saturated carbocycles. The van der Waals surface area contributed by atoms with Crippen molar-refractivity contribution in [2.24, 2.45) is 0 Å². The maximum atomic E-state index is 13.5. The summed E-state index contributed by atoms with van der Waals surface area (Å²) in [5, 5.41) is 11.3. The van der Waals surface area contributed by atoms with Crippen LogP contribution in [-0.2, 0) is 11.3 Å². The number of methoxy groups -OCH3 is 1. The molecule has 2 N–H and O–H groups in total. The minimum absolute atomic E-state index is 0.0481. The second-order valence-electron chi connectivity index (χ2n) is 3.75. The first kappa shape index (κ1) is 14.4. The molecule has 1 rings (SSSR count). The molecule has 1 aromatic carbocycles. The second-order valence-corrected chi connectivity index (χ2v) is 3.75. The molecule has 0 bridgehead atoms. The Bertz CT molecular complexity index is 424. The largest absolute Gasteiger partial charge is 0.494 e. The lowest BCUT2D eigenvalue weighted by Gasteiger charge is -2.08. The zero-order chi connectivity index (χ0) is 13.5. The van der Waals surface area contributed by atoms with E-state index in [1.54, 1.807) is 0 Å². The highest BCUT2D eigenvalue weighted by Crippen LogP contribution is 2.21. The van der Waals surface area contributed by atoms with E-state index >= 15 is 0 Å². The summed E-state index contributed by atoms with van der Waals surface area (Å²) in [6.07, 6.45) is 0.488. The number of aliphatic carboxylic acids is 1. The number of nitrogens with one attached hydrogen (secondary N) is 1. The average Bonchev–Trinajstić information content (AvgIpc) is 2.32. The second kappa shape index (κ2) is 6.90. The summed E-state index contributed by atoms with van der Waals surface area (Å²) in [7, 11) is 1.27. The number of carboxylic acid groups (broad SMARTS) is 1. The molecule has 0 amide bonds. The summed E-state index contributed by atoms with van der Waals surface area (Å²) in [5.41, 5.74) is 0.184. The highest BCUT2D eigenvalue weighted by atomic mass is 19.1. The van der Waals surface area contributed by atoms with Gasteiger partial charge in [0.05, 0.1) is 7.11 Å². The van der Waals surface area contributed by atoms with E-state index in [0.717, 1.165) is 12.1 Å². The van der Waals surface area contributed by atoms with E-state index in [0.29, 0.717) is 13.0 Å². The molecule has 0 atom stereocenters. The molecule has 0 aromatic heterocycles. The molecule has 0 aliphatic heterocycles. The lowest BCUT2D eigenvalue weighted by molar-refractivity contribution is -0.137. The topological polar surface area (TPSA) is 58.6 Å². The van der Waals surface area contributed by atoms with Crippen LogP contribution in [0.2, 0.25) is 0 Å². The van der Waals surface area contributed by atoms with Crippen molar-refractivity contribution >= 4 is 5.97 Å². The van der Waals surface area contributed by atoms with Crippen molar-refractivity contribution in [1.29, 1.82) is 0 Å². The molecular weight excluding hydrogens is 244 g/mol. The number of carboxylic acids is 1. The summed E-state index contributed by atoms with van der Waals surface area (Å²) < 4.78 is 31.4. The minimum Gasteiger partial charge on any atom is -0.494 e. The first-order valence-electron chi connectivity index (χ1n) is 5.49. The van der Waals surface area contributed by atoms with E-state index in [-0.39, 0.29) is 24.3 Å². The highest BCUT2D eigenvalue weighted by Gasteiger charge is 2.09. The van der Waals surface area contributed by atoms with Gasteiger partial charge in [-0.25, -0.2) is 8.78 Å². The summed E-state index contributed by atoms with van der Waals surface area (Å²) >= 11 is 0. The summed E-state index contributed by atoms with van der Waals surface area (Å²) in [6.45, 7) is 0.575. The third-order valence-electron chi connectivity index (χ3n) is 2.38. The zero-order valence-electron chi connectivity index (χ0n) is 10.0. The molecular formula is C12H15F2NO3. The molecule has 18 heavy (non-hydrogen) atoms. The molecule has 4 nitrogen and oxygen atoms in total. The Morgan fingerprint density at radius 2 is 2.11 bits per heavy atom. The van der Waals surface area contributed by atoms with E-state index in [4.69, 9.17) is 5.11 Å². The third kappa shape index (κ3) is 4.29. The minimum atomic E-state index is -0.876. The van der Waals surface area contributed by atoms with E-state index in [2.05, 4.69) is 10.1 Å². The van der Waals surface area contributed by atoms with Crippen molar-refractivity contribution in [2.45, 2.75) is 19.4 Å². The van der Waals surface area contributed by atoms with Crippen molar-refractivity contribution in [3.8, 4) is 5.75 Å². The number of hydrogen-bond acceptors (Lipinski definition) is 3. The van der Waals surface area contributed by atoms with Crippen molar-refractivity contribution in [2.75, 3.05) is 13.7 Å². The first-order chi connectivity index (χ1) is 8.54. The fraction of sp³-hybridized carbons (Fsp3) is 0.417. The van der Waals surface area contributed by atoms with Gasteiger partial charge in [0.15, 0.2) is 11.6 Å². The van der Waals surface area contributed by atoms with Crippen LogP contribution in [0.1, 0.15) is 18.4 Å². The molecule has 0 unspecified atom stereocenters. The number of carbonyl (C=O) groups is 1. The molecule has 0 heterocycles. The summed E-state index contributed by atoms with van der Waals surface area (Å²) in [4.78, 5) is 10.3. The van der Waals surface area contributed by atoms with Crippen LogP contribution in [0.4, 0.5) is 8.78 Å². The van der Waals surface area contributed by atoms with E-state index < -0.39 is 17.6 Å². The van der Waals surface area contributed by atoms with Crippen LogP contribution in [0.5, 0.6) is 5.75 Å². The van der Waals surface area contributed by atoms with E-state index in [1.807, 2.05) is 0 Å². The van der Waals surface area contributed by atoms with Gasteiger partial charge >= 0.3 is 5.97 Å². The molecule has 0 saturated heterocycles. The predicted molar refractivity (Wildman–Crippen MR) is 61.5 cm³/mol. The maximum Gasteiger partial charge on any atom is 0.303 e. The van der Waals surface area contributed by atoms with Crippen LogP contribution in [0.15, 0.2) is 12.1 Å². The third-order valence-corrected chi connectivity index (χ3v) is 2.38. The van der Waals surface area contributed by atoms with Gasteiger partial charge in [-0.2, -0.15) is 0 Å². The smallest absolute Gasteiger partial charge is 0.303 e. The molecule has 100 valence electrons. The number of halogens is 2. The fourth-order valence-corrected chi connectivity index (χ4v) is 1.45. The molecule has 1 aromatic rings. The molecule has 0 aliphatic carbocycles. The Hall–Kier alpha value is -1.69. The Morgan fingerprint density at radius 1 is 1.39 bits per heavy atom. The van der Waals surface area contributed by atoms with Crippen molar-refractivity contribution < 1.29 is 23.4 Å². The SMILES string of the molecule is COc1cc(F)c(CNCCCC(=O)O)cc1F. The van der Waals surface area contributed by atoms with Gasteiger partial charge in [0.2, 0.25) is 0 Å². The van der Waals surface area contributed by atoms with Crippen LogP contribution in [-0.4, -0.2) is 24.7 Å². The quantitative estimate of drug-likeness (QED) is 0.735. The van der Waals surface area contributed by atoms with Gasteiger partial charge in [-0.15, -0.1) is 0 Å². The number of rotatable bonds is 7. The van der Waals surface area contributed by atoms with Crippen LogP contribution in [0.25, 0.3) is 0 Å². The number of hydrogen-bond donors (Lipinski definition) is 2. The van der Waals surface area contributed by atoms with E-state index in [1.165, 1.54) is 7.11 Å². The maximum absolute atomic E-state index is 13.5. The van der Waals surface area contributed by atoms with Crippen molar-refractivity contribution in [1.82, 2.24) is 5.32 Å². The van der Waals surface area contributed by atoms with Gasteiger partial charge in [-0.3, -0.25) is 4.79 Å². The highest BCUT2D eigenvalue weighted by molar-refractivity contribution is 5.66. The van der Waals surface area contributed by atoms with Crippen LogP contribution in [0, 0.1) is 11.6 Å². The van der Waals surface area contributed by atoms with Gasteiger partial charge < -0.3 is 15.2 Å². The zero-order valence-corrected chi connectivity index (χ0v) is 10.0. The Balaban J connectivity index is 2.47. The van der Waals surface area contributed by atoms with E-state index in [9.17, 15) is 13.6 Å². The summed E-state index contributed by atoms with van der Waals surface area (Å²) in [5.74, 6) is -2.19. The Kier molecular flexibility index (Phi) is 5.51. The Labute approximate surface area is 104 Å². The van der Waals surface area contributed by atoms with Crippen LogP contribution < -0.4 is 10.1 Å². The lowest BCUT2D eigenvalue weighted by atomic mass is 10.2. The van der Waals surface area contributed by atoms with Gasteiger partial charge in [0.1, 0.15) is 5.82 Å². The molecule has 0 aliphatic rings. The van der Waals surface area contributed by atoms with Gasteiger partial charge in [-0.1, -0.05) is 0 Å². The van der Waals surface area contributed by atoms with Crippen LogP contribution in [0.3, 0.4) is 0 Å². The standard InChI is InChI=1S/C12H15F2NO3/c1-18-11-6-9(13)8(5-10(11)14)7-15-4-2-3-12(16)17/h5-6,15H,2-4,7H2,1H3,(H,16,17). The first-order valence-corrected chi connectivity index (χ1v) is 5.49. The Morgan fingerprint density at radius 3 is 2.72 bits per heavy atom. The monoisotopic (exact) mass is 259 g/mol. The lowest BCUT2D eigenvalue weighted by Crippen LogP contribution is -2.16. The molecule has 6 heteroatoms. The molecule has 0 radical (unpaired) electrons. The molecule has 0 fully saturated rings. The number of ether oxygens (including phenoxy) is 1.